The van der Waals surface area contributed by atoms with Gasteiger partial charge >= 0.3 is 0 Å². The molecule has 0 aliphatic carbocycles. The highest BCUT2D eigenvalue weighted by molar-refractivity contribution is 6.13. The molecule has 2 aromatic carbocycles. The van der Waals surface area contributed by atoms with Gasteiger partial charge in [0.05, 0.1) is 0 Å². The van der Waals surface area contributed by atoms with E-state index in [4.69, 9.17) is 13.3 Å². The number of rotatable bonds is 18. The van der Waals surface area contributed by atoms with Gasteiger partial charge in [-0.2, -0.15) is 0 Å². The van der Waals surface area contributed by atoms with Crippen LogP contribution in [-0.4, -0.2) is 0 Å². The molecular formula is C40H52O3. The standard InChI is InChI=1S/C40H52O3/c1-5-9-11-13-15-17-19-23-29-31-25-39-33(27-37(31)41-35(29)21-7-3)34-28-38-32(26-40(34)43-39)30(36(42-38)22-8-4)24-20-18-16-14-12-10-6-2/h7-8,21-22,25-28H,5-6,9-20,23-24H2,1-4H3/b21-7+,22-8+. The lowest BCUT2D eigenvalue weighted by molar-refractivity contribution is 0.578. The molecule has 0 bridgehead atoms. The van der Waals surface area contributed by atoms with E-state index in [1.54, 1.807) is 0 Å². The lowest BCUT2D eigenvalue weighted by Gasteiger charge is -2.02. The molecule has 3 aromatic heterocycles. The summed E-state index contributed by atoms with van der Waals surface area (Å²) in [6, 6.07) is 8.78. The second kappa shape index (κ2) is 15.5. The molecular weight excluding hydrogens is 528 g/mol. The van der Waals surface area contributed by atoms with Crippen molar-refractivity contribution in [1.82, 2.24) is 0 Å². The third-order valence-corrected chi connectivity index (χ3v) is 9.06. The summed E-state index contributed by atoms with van der Waals surface area (Å²) < 4.78 is 19.4. The van der Waals surface area contributed by atoms with Crippen LogP contribution in [0.4, 0.5) is 0 Å². The van der Waals surface area contributed by atoms with E-state index in [1.807, 2.05) is 0 Å². The fourth-order valence-electron chi connectivity index (χ4n) is 6.70. The Hall–Kier alpha value is -3.20. The molecule has 0 fully saturated rings. The first-order valence-corrected chi connectivity index (χ1v) is 17.3. The largest absolute Gasteiger partial charge is 0.456 e. The van der Waals surface area contributed by atoms with Gasteiger partial charge in [0.2, 0.25) is 0 Å². The van der Waals surface area contributed by atoms with Crippen molar-refractivity contribution in [2.75, 3.05) is 0 Å². The second-order valence-electron chi connectivity index (χ2n) is 12.4. The molecule has 0 N–H and O–H groups in total. The third-order valence-electron chi connectivity index (χ3n) is 9.06. The minimum atomic E-state index is 0.922. The van der Waals surface area contributed by atoms with Gasteiger partial charge in [-0.1, -0.05) is 103 Å². The molecule has 0 spiro atoms. The van der Waals surface area contributed by atoms with Crippen LogP contribution in [0.1, 0.15) is 140 Å². The molecule has 0 unspecified atom stereocenters. The Labute approximate surface area is 258 Å². The molecule has 0 radical (unpaired) electrons. The first kappa shape index (κ1) is 31.2. The van der Waals surface area contributed by atoms with Gasteiger partial charge < -0.3 is 13.3 Å². The molecule has 43 heavy (non-hydrogen) atoms. The van der Waals surface area contributed by atoms with E-state index in [2.05, 4.69) is 76.3 Å². The molecule has 3 heterocycles. The van der Waals surface area contributed by atoms with Gasteiger partial charge in [0.25, 0.3) is 0 Å². The second-order valence-corrected chi connectivity index (χ2v) is 12.4. The molecule has 5 rings (SSSR count). The topological polar surface area (TPSA) is 39.4 Å². The summed E-state index contributed by atoms with van der Waals surface area (Å²) in [6.07, 6.45) is 28.7. The quantitative estimate of drug-likeness (QED) is 0.0968. The Morgan fingerprint density at radius 2 is 0.791 bits per heavy atom. The first-order valence-electron chi connectivity index (χ1n) is 17.3. The number of aryl methyl sites for hydroxylation is 2. The van der Waals surface area contributed by atoms with Crippen LogP contribution < -0.4 is 0 Å². The molecule has 0 aliphatic heterocycles. The van der Waals surface area contributed by atoms with Crippen molar-refractivity contribution in [3.05, 3.63) is 59.1 Å². The highest BCUT2D eigenvalue weighted by atomic mass is 16.3. The van der Waals surface area contributed by atoms with E-state index in [0.29, 0.717) is 0 Å². The Morgan fingerprint density at radius 3 is 1.19 bits per heavy atom. The SMILES string of the molecule is C/C=C/c1oc2cc3c(cc2c1CCCCCCCCC)oc1cc2c(CCCCCCCCC)c(/C=C/C)oc2cc13. The van der Waals surface area contributed by atoms with Gasteiger partial charge in [-0.05, 0) is 75.9 Å². The van der Waals surface area contributed by atoms with Crippen LogP contribution >= 0.6 is 0 Å². The van der Waals surface area contributed by atoms with Crippen LogP contribution in [-0.2, 0) is 12.8 Å². The van der Waals surface area contributed by atoms with Crippen LogP contribution in [0, 0.1) is 0 Å². The molecule has 230 valence electrons. The zero-order valence-corrected chi connectivity index (χ0v) is 27.2. The smallest absolute Gasteiger partial charge is 0.136 e. The minimum absolute atomic E-state index is 0.922. The van der Waals surface area contributed by atoms with Crippen LogP contribution in [0.25, 0.3) is 56.0 Å². The van der Waals surface area contributed by atoms with Gasteiger partial charge in [-0.25, -0.2) is 0 Å². The van der Waals surface area contributed by atoms with Crippen LogP contribution in [0.15, 0.2) is 49.7 Å². The van der Waals surface area contributed by atoms with Gasteiger partial charge in [0.15, 0.2) is 0 Å². The maximum atomic E-state index is 6.56. The van der Waals surface area contributed by atoms with Crippen LogP contribution in [0.2, 0.25) is 0 Å². The summed E-state index contributed by atoms with van der Waals surface area (Å²) in [4.78, 5) is 0. The summed E-state index contributed by atoms with van der Waals surface area (Å²) >= 11 is 0. The maximum absolute atomic E-state index is 6.56. The fraction of sp³-hybridized carbons (Fsp3) is 0.500. The highest BCUT2D eigenvalue weighted by Gasteiger charge is 2.19. The number of fused-ring (bicyclic) bond motifs is 5. The molecule has 5 aromatic rings. The molecule has 0 atom stereocenters. The summed E-state index contributed by atoms with van der Waals surface area (Å²) in [5, 5.41) is 4.55. The summed E-state index contributed by atoms with van der Waals surface area (Å²) in [5.41, 5.74) is 6.35. The predicted molar refractivity (Wildman–Crippen MR) is 186 cm³/mol. The van der Waals surface area contributed by atoms with E-state index in [0.717, 1.165) is 57.5 Å². The molecule has 0 aliphatic rings. The van der Waals surface area contributed by atoms with Crippen molar-refractivity contribution in [3.8, 4) is 0 Å². The van der Waals surface area contributed by atoms with E-state index >= 15 is 0 Å². The van der Waals surface area contributed by atoms with E-state index < -0.39 is 0 Å². The first-order chi connectivity index (χ1) is 21.2. The van der Waals surface area contributed by atoms with Crippen molar-refractivity contribution in [3.63, 3.8) is 0 Å². The summed E-state index contributed by atoms with van der Waals surface area (Å²) in [6.45, 7) is 8.67. The minimum Gasteiger partial charge on any atom is -0.456 e. The molecule has 3 heteroatoms. The molecule has 0 saturated heterocycles. The Bertz CT molecular complexity index is 1550. The van der Waals surface area contributed by atoms with Crippen LogP contribution in [0.5, 0.6) is 0 Å². The molecule has 3 nitrogen and oxygen atoms in total. The van der Waals surface area contributed by atoms with Crippen molar-refractivity contribution >= 4 is 56.0 Å². The zero-order chi connectivity index (χ0) is 30.0. The van der Waals surface area contributed by atoms with Gasteiger partial charge in [-0.15, -0.1) is 0 Å². The summed E-state index contributed by atoms with van der Waals surface area (Å²) in [5.74, 6) is 1.97. The normalized spacial score (nSPS) is 12.6. The highest BCUT2D eigenvalue weighted by Crippen LogP contribution is 2.40. The monoisotopic (exact) mass is 580 g/mol. The molecule has 0 saturated carbocycles. The number of hydrogen-bond acceptors (Lipinski definition) is 3. The maximum Gasteiger partial charge on any atom is 0.136 e. The fourth-order valence-corrected chi connectivity index (χ4v) is 6.70. The number of furan rings is 3. The summed E-state index contributed by atoms with van der Waals surface area (Å²) in [7, 11) is 0. The number of hydrogen-bond donors (Lipinski definition) is 0. The van der Waals surface area contributed by atoms with Crippen molar-refractivity contribution in [1.29, 1.82) is 0 Å². The Morgan fingerprint density at radius 1 is 0.442 bits per heavy atom. The lowest BCUT2D eigenvalue weighted by Crippen LogP contribution is -1.88. The third kappa shape index (κ3) is 7.31. The number of benzene rings is 2. The van der Waals surface area contributed by atoms with Gasteiger partial charge in [0, 0.05) is 32.7 Å². The predicted octanol–water partition coefficient (Wildman–Crippen LogP) is 13.7. The van der Waals surface area contributed by atoms with Crippen molar-refractivity contribution in [2.45, 2.75) is 130 Å². The van der Waals surface area contributed by atoms with Gasteiger partial charge in [-0.3, -0.25) is 0 Å². The lowest BCUT2D eigenvalue weighted by atomic mass is 10.00. The van der Waals surface area contributed by atoms with Gasteiger partial charge in [0.1, 0.15) is 33.9 Å². The average Bonchev–Trinajstić information content (AvgIpc) is 3.64. The van der Waals surface area contributed by atoms with Crippen molar-refractivity contribution in [2.24, 2.45) is 0 Å². The van der Waals surface area contributed by atoms with E-state index in [1.165, 1.54) is 112 Å². The van der Waals surface area contributed by atoms with E-state index in [-0.39, 0.29) is 0 Å². The average molecular weight is 581 g/mol. The van der Waals surface area contributed by atoms with Crippen LogP contribution in [0.3, 0.4) is 0 Å². The zero-order valence-electron chi connectivity index (χ0n) is 27.2. The van der Waals surface area contributed by atoms with Crippen molar-refractivity contribution < 1.29 is 13.3 Å². The Kier molecular flexibility index (Phi) is 11.3. The van der Waals surface area contributed by atoms with E-state index in [9.17, 15) is 0 Å². The number of allylic oxidation sites excluding steroid dienone is 2. The Balaban J connectivity index is 1.42. The molecule has 0 amide bonds. The number of unbranched alkanes of at least 4 members (excludes halogenated alkanes) is 12.